The van der Waals surface area contributed by atoms with Crippen molar-refractivity contribution in [2.45, 2.75) is 44.0 Å². The standard InChI is InChI=1S/C13H18ClN/c1-10-6-8-11(9-7-10)15-13-5-3-2-4-12(13)14/h6-9,12-13,15H,2-5H2,1H3/t12-,13-/m1/s1. The highest BCUT2D eigenvalue weighted by Gasteiger charge is 2.22. The first-order valence-corrected chi connectivity index (χ1v) is 6.16. The number of halogens is 1. The molecule has 1 N–H and O–H groups in total. The summed E-state index contributed by atoms with van der Waals surface area (Å²) in [6, 6.07) is 8.98. The van der Waals surface area contributed by atoms with Crippen LogP contribution in [-0.2, 0) is 0 Å². The van der Waals surface area contributed by atoms with Crippen molar-refractivity contribution in [2.75, 3.05) is 5.32 Å². The van der Waals surface area contributed by atoms with E-state index < -0.39 is 0 Å². The summed E-state index contributed by atoms with van der Waals surface area (Å²) in [7, 11) is 0. The minimum Gasteiger partial charge on any atom is -0.381 e. The molecule has 1 fully saturated rings. The number of aryl methyl sites for hydroxylation is 1. The van der Waals surface area contributed by atoms with Crippen LogP contribution >= 0.6 is 11.6 Å². The molecule has 1 aliphatic carbocycles. The summed E-state index contributed by atoms with van der Waals surface area (Å²) in [5, 5.41) is 3.82. The van der Waals surface area contributed by atoms with E-state index in [1.54, 1.807) is 0 Å². The Hall–Kier alpha value is -0.690. The molecule has 0 radical (unpaired) electrons. The van der Waals surface area contributed by atoms with Crippen LogP contribution in [0.2, 0.25) is 0 Å². The molecule has 0 unspecified atom stereocenters. The van der Waals surface area contributed by atoms with Gasteiger partial charge in [0.2, 0.25) is 0 Å². The second-order valence-corrected chi connectivity index (χ2v) is 4.98. The van der Waals surface area contributed by atoms with Gasteiger partial charge >= 0.3 is 0 Å². The molecule has 1 aliphatic rings. The van der Waals surface area contributed by atoms with Gasteiger partial charge in [-0.05, 0) is 31.9 Å². The molecular formula is C13H18ClN. The third-order valence-corrected chi connectivity index (χ3v) is 3.61. The Bertz CT molecular complexity index is 307. The van der Waals surface area contributed by atoms with Crippen LogP contribution in [0.3, 0.4) is 0 Å². The second kappa shape index (κ2) is 4.89. The summed E-state index contributed by atoms with van der Waals surface area (Å²) in [6.45, 7) is 2.11. The quantitative estimate of drug-likeness (QED) is 0.749. The van der Waals surface area contributed by atoms with Crippen LogP contribution in [0.5, 0.6) is 0 Å². The first-order chi connectivity index (χ1) is 7.25. The second-order valence-electron chi connectivity index (χ2n) is 4.42. The summed E-state index contributed by atoms with van der Waals surface area (Å²) in [5.74, 6) is 0. The third kappa shape index (κ3) is 2.88. The fourth-order valence-electron chi connectivity index (χ4n) is 2.11. The van der Waals surface area contributed by atoms with Crippen molar-refractivity contribution in [3.63, 3.8) is 0 Å². The maximum Gasteiger partial charge on any atom is 0.0537 e. The van der Waals surface area contributed by atoms with E-state index in [0.717, 1.165) is 6.42 Å². The Balaban J connectivity index is 1.98. The predicted molar refractivity (Wildman–Crippen MR) is 66.7 cm³/mol. The summed E-state index contributed by atoms with van der Waals surface area (Å²) >= 11 is 6.30. The van der Waals surface area contributed by atoms with E-state index in [2.05, 4.69) is 36.5 Å². The molecule has 0 aromatic heterocycles. The predicted octanol–water partition coefficient (Wildman–Crippen LogP) is 3.96. The number of benzene rings is 1. The highest BCUT2D eigenvalue weighted by Crippen LogP contribution is 2.26. The van der Waals surface area contributed by atoms with E-state index >= 15 is 0 Å². The van der Waals surface area contributed by atoms with Crippen molar-refractivity contribution in [2.24, 2.45) is 0 Å². The Morgan fingerprint density at radius 3 is 2.47 bits per heavy atom. The number of rotatable bonds is 2. The molecule has 1 aromatic carbocycles. The van der Waals surface area contributed by atoms with Crippen molar-refractivity contribution >= 4 is 17.3 Å². The fourth-order valence-corrected chi connectivity index (χ4v) is 2.46. The molecule has 0 aliphatic heterocycles. The zero-order chi connectivity index (χ0) is 10.7. The van der Waals surface area contributed by atoms with Gasteiger partial charge in [0.05, 0.1) is 5.38 Å². The Kier molecular flexibility index (Phi) is 3.53. The van der Waals surface area contributed by atoms with Crippen LogP contribution in [0.15, 0.2) is 24.3 Å². The molecule has 0 heterocycles. The molecule has 2 rings (SSSR count). The summed E-state index contributed by atoms with van der Waals surface area (Å²) in [6.07, 6.45) is 4.92. The van der Waals surface area contributed by atoms with Gasteiger partial charge in [0.15, 0.2) is 0 Å². The van der Waals surface area contributed by atoms with Crippen molar-refractivity contribution in [3.05, 3.63) is 29.8 Å². The van der Waals surface area contributed by atoms with E-state index in [-0.39, 0.29) is 0 Å². The minimum atomic E-state index is 0.292. The van der Waals surface area contributed by atoms with Gasteiger partial charge in [-0.1, -0.05) is 30.5 Å². The van der Waals surface area contributed by atoms with Gasteiger partial charge in [-0.3, -0.25) is 0 Å². The average molecular weight is 224 g/mol. The molecule has 0 spiro atoms. The Morgan fingerprint density at radius 2 is 1.80 bits per heavy atom. The van der Waals surface area contributed by atoms with Gasteiger partial charge < -0.3 is 5.32 Å². The van der Waals surface area contributed by atoms with Gasteiger partial charge in [0.25, 0.3) is 0 Å². The van der Waals surface area contributed by atoms with Crippen LogP contribution in [0, 0.1) is 6.92 Å². The maximum absolute atomic E-state index is 6.30. The van der Waals surface area contributed by atoms with Crippen LogP contribution in [-0.4, -0.2) is 11.4 Å². The van der Waals surface area contributed by atoms with Gasteiger partial charge in [0, 0.05) is 11.7 Å². The van der Waals surface area contributed by atoms with Gasteiger partial charge in [-0.25, -0.2) is 0 Å². The molecule has 0 bridgehead atoms. The van der Waals surface area contributed by atoms with Crippen LogP contribution in [0.25, 0.3) is 0 Å². The number of hydrogen-bond acceptors (Lipinski definition) is 1. The van der Waals surface area contributed by atoms with Crippen molar-refractivity contribution < 1.29 is 0 Å². The molecule has 2 atom stereocenters. The van der Waals surface area contributed by atoms with E-state index in [0.29, 0.717) is 11.4 Å². The summed E-state index contributed by atoms with van der Waals surface area (Å²) < 4.78 is 0. The SMILES string of the molecule is Cc1ccc(N[C@@H]2CCCC[C@H]2Cl)cc1. The van der Waals surface area contributed by atoms with Crippen molar-refractivity contribution in [1.82, 2.24) is 0 Å². The van der Waals surface area contributed by atoms with Crippen molar-refractivity contribution in [1.29, 1.82) is 0 Å². The smallest absolute Gasteiger partial charge is 0.0537 e. The number of anilines is 1. The molecule has 82 valence electrons. The lowest BCUT2D eigenvalue weighted by Gasteiger charge is -2.28. The van der Waals surface area contributed by atoms with Crippen LogP contribution in [0.4, 0.5) is 5.69 Å². The van der Waals surface area contributed by atoms with Gasteiger partial charge in [0.1, 0.15) is 0 Å². The van der Waals surface area contributed by atoms with E-state index in [1.807, 2.05) is 0 Å². The summed E-state index contributed by atoms with van der Waals surface area (Å²) in [5.41, 5.74) is 2.49. The molecule has 0 amide bonds. The van der Waals surface area contributed by atoms with Crippen LogP contribution in [0.1, 0.15) is 31.2 Å². The highest BCUT2D eigenvalue weighted by molar-refractivity contribution is 6.21. The van der Waals surface area contributed by atoms with Crippen LogP contribution < -0.4 is 5.32 Å². The molecule has 15 heavy (non-hydrogen) atoms. The normalized spacial score (nSPS) is 26.3. The van der Waals surface area contributed by atoms with E-state index in [1.165, 1.54) is 30.5 Å². The number of alkyl halides is 1. The third-order valence-electron chi connectivity index (χ3n) is 3.09. The maximum atomic E-state index is 6.30. The molecule has 1 nitrogen and oxygen atoms in total. The Labute approximate surface area is 96.8 Å². The monoisotopic (exact) mass is 223 g/mol. The fraction of sp³-hybridized carbons (Fsp3) is 0.538. The topological polar surface area (TPSA) is 12.0 Å². The first-order valence-electron chi connectivity index (χ1n) is 5.73. The lowest BCUT2D eigenvalue weighted by Crippen LogP contribution is -2.32. The summed E-state index contributed by atoms with van der Waals surface area (Å²) in [4.78, 5) is 0. The number of hydrogen-bond donors (Lipinski definition) is 1. The molecule has 2 heteroatoms. The lowest BCUT2D eigenvalue weighted by molar-refractivity contribution is 0.469. The minimum absolute atomic E-state index is 0.292. The Morgan fingerprint density at radius 1 is 1.13 bits per heavy atom. The first kappa shape index (κ1) is 10.8. The lowest BCUT2D eigenvalue weighted by atomic mass is 9.94. The zero-order valence-corrected chi connectivity index (χ0v) is 9.93. The molecule has 1 aromatic rings. The average Bonchev–Trinajstić information content (AvgIpc) is 2.25. The van der Waals surface area contributed by atoms with Gasteiger partial charge in [-0.2, -0.15) is 0 Å². The highest BCUT2D eigenvalue weighted by atomic mass is 35.5. The largest absolute Gasteiger partial charge is 0.381 e. The van der Waals surface area contributed by atoms with E-state index in [9.17, 15) is 0 Å². The molecular weight excluding hydrogens is 206 g/mol. The van der Waals surface area contributed by atoms with E-state index in [4.69, 9.17) is 11.6 Å². The molecule has 0 saturated heterocycles. The molecule has 1 saturated carbocycles. The van der Waals surface area contributed by atoms with Gasteiger partial charge in [-0.15, -0.1) is 11.6 Å². The zero-order valence-electron chi connectivity index (χ0n) is 9.17. The van der Waals surface area contributed by atoms with Crippen molar-refractivity contribution in [3.8, 4) is 0 Å². The number of nitrogens with one attached hydrogen (secondary N) is 1.